The zero-order chi connectivity index (χ0) is 23.0. The molecule has 2 aromatic heterocycles. The minimum atomic E-state index is -3.90. The van der Waals surface area contributed by atoms with E-state index in [1.807, 2.05) is 6.92 Å². The molecule has 0 spiro atoms. The van der Waals surface area contributed by atoms with Crippen LogP contribution in [-0.4, -0.2) is 30.9 Å². The third-order valence-corrected chi connectivity index (χ3v) is 7.31. The Morgan fingerprint density at radius 3 is 2.39 bits per heavy atom. The van der Waals surface area contributed by atoms with Crippen molar-refractivity contribution >= 4 is 20.9 Å². The van der Waals surface area contributed by atoms with Gasteiger partial charge < -0.3 is 18.9 Å². The Morgan fingerprint density at radius 2 is 1.70 bits per heavy atom. The van der Waals surface area contributed by atoms with Crippen LogP contribution in [0.3, 0.4) is 0 Å². The molecule has 0 radical (unpaired) electrons. The first-order chi connectivity index (χ1) is 15.9. The van der Waals surface area contributed by atoms with E-state index in [-0.39, 0.29) is 23.5 Å². The predicted octanol–water partition coefficient (Wildman–Crippen LogP) is 3.59. The SMILES string of the molecule is Cc1ccc(S(=O)(=O)N(Cc2ccco2)Cc2cc3cc4c(cc3[nH]c2=O)OCCO4)cc1. The number of benzene rings is 2. The van der Waals surface area contributed by atoms with Crippen molar-refractivity contribution in [3.8, 4) is 11.5 Å². The van der Waals surface area contributed by atoms with Gasteiger partial charge in [0.15, 0.2) is 11.5 Å². The van der Waals surface area contributed by atoms with Crippen molar-refractivity contribution in [3.05, 3.63) is 88.1 Å². The number of rotatable bonds is 6. The van der Waals surface area contributed by atoms with Crippen molar-refractivity contribution in [3.63, 3.8) is 0 Å². The normalized spacial score (nSPS) is 13.5. The van der Waals surface area contributed by atoms with Crippen molar-refractivity contribution in [1.82, 2.24) is 9.29 Å². The molecule has 33 heavy (non-hydrogen) atoms. The predicted molar refractivity (Wildman–Crippen MR) is 122 cm³/mol. The number of aryl methyl sites for hydroxylation is 1. The Morgan fingerprint density at radius 1 is 0.970 bits per heavy atom. The zero-order valence-electron chi connectivity index (χ0n) is 17.9. The van der Waals surface area contributed by atoms with E-state index in [0.717, 1.165) is 10.9 Å². The van der Waals surface area contributed by atoms with Crippen LogP contribution in [-0.2, 0) is 23.1 Å². The van der Waals surface area contributed by atoms with E-state index in [2.05, 4.69) is 4.98 Å². The number of hydrogen-bond donors (Lipinski definition) is 1. The molecular formula is C24H22N2O6S. The molecule has 0 unspecified atom stereocenters. The lowest BCUT2D eigenvalue weighted by Crippen LogP contribution is -2.32. The van der Waals surface area contributed by atoms with Crippen LogP contribution in [0.5, 0.6) is 11.5 Å². The Hall–Kier alpha value is -3.56. The Balaban J connectivity index is 1.55. The summed E-state index contributed by atoms with van der Waals surface area (Å²) in [5.41, 5.74) is 1.48. The molecule has 1 aliphatic rings. The second-order valence-corrected chi connectivity index (χ2v) is 9.81. The minimum Gasteiger partial charge on any atom is -0.486 e. The first-order valence-electron chi connectivity index (χ1n) is 10.4. The van der Waals surface area contributed by atoms with Crippen LogP contribution in [0, 0.1) is 6.92 Å². The molecule has 4 aromatic rings. The maximum Gasteiger partial charge on any atom is 0.252 e. The lowest BCUT2D eigenvalue weighted by Gasteiger charge is -2.22. The summed E-state index contributed by atoms with van der Waals surface area (Å²) in [6.45, 7) is 2.64. The summed E-state index contributed by atoms with van der Waals surface area (Å²) >= 11 is 0. The molecule has 5 rings (SSSR count). The number of aromatic nitrogens is 1. The second kappa shape index (κ2) is 8.42. The number of nitrogens with one attached hydrogen (secondary N) is 1. The lowest BCUT2D eigenvalue weighted by atomic mass is 10.1. The Bertz CT molecular complexity index is 1460. The summed E-state index contributed by atoms with van der Waals surface area (Å²) in [5, 5.41) is 0.722. The molecule has 1 aliphatic heterocycles. The molecule has 170 valence electrons. The van der Waals surface area contributed by atoms with Gasteiger partial charge in [-0.3, -0.25) is 4.79 Å². The number of sulfonamides is 1. The first-order valence-corrected chi connectivity index (χ1v) is 11.9. The average molecular weight is 467 g/mol. The van der Waals surface area contributed by atoms with Crippen molar-refractivity contribution < 1.29 is 22.3 Å². The smallest absolute Gasteiger partial charge is 0.252 e. The number of H-pyrrole nitrogens is 1. The standard InChI is InChI=1S/C24H22N2O6S/c1-16-4-6-20(7-5-16)33(28,29)26(15-19-3-2-8-30-19)14-18-11-17-12-22-23(32-10-9-31-22)13-21(17)25-24(18)27/h2-8,11-13H,9-10,14-15H2,1H3,(H,25,27). The van der Waals surface area contributed by atoms with Crippen molar-refractivity contribution in [2.45, 2.75) is 24.9 Å². The molecule has 2 aromatic carbocycles. The number of aromatic amines is 1. The zero-order valence-corrected chi connectivity index (χ0v) is 18.7. The van der Waals surface area contributed by atoms with E-state index in [9.17, 15) is 13.2 Å². The summed E-state index contributed by atoms with van der Waals surface area (Å²) in [4.78, 5) is 15.9. The summed E-state index contributed by atoms with van der Waals surface area (Å²) in [6.07, 6.45) is 1.49. The van der Waals surface area contributed by atoms with Gasteiger partial charge in [0.05, 0.1) is 23.2 Å². The van der Waals surface area contributed by atoms with Gasteiger partial charge in [-0.2, -0.15) is 4.31 Å². The maximum absolute atomic E-state index is 13.5. The van der Waals surface area contributed by atoms with Crippen LogP contribution >= 0.6 is 0 Å². The van der Waals surface area contributed by atoms with Gasteiger partial charge in [-0.05, 0) is 43.3 Å². The summed E-state index contributed by atoms with van der Waals surface area (Å²) in [5.74, 6) is 1.63. The largest absolute Gasteiger partial charge is 0.486 e. The molecular weight excluding hydrogens is 444 g/mol. The molecule has 0 atom stereocenters. The number of furan rings is 1. The number of pyridine rings is 1. The Kier molecular flexibility index (Phi) is 5.43. The van der Waals surface area contributed by atoms with Crippen molar-refractivity contribution in [1.29, 1.82) is 0 Å². The molecule has 0 fully saturated rings. The van der Waals surface area contributed by atoms with Crippen LogP contribution < -0.4 is 15.0 Å². The molecule has 0 amide bonds. The summed E-state index contributed by atoms with van der Waals surface area (Å²) in [7, 11) is -3.90. The highest BCUT2D eigenvalue weighted by atomic mass is 32.2. The highest BCUT2D eigenvalue weighted by Crippen LogP contribution is 2.34. The van der Waals surface area contributed by atoms with E-state index < -0.39 is 10.0 Å². The number of fused-ring (bicyclic) bond motifs is 2. The van der Waals surface area contributed by atoms with E-state index >= 15 is 0 Å². The van der Waals surface area contributed by atoms with Gasteiger partial charge in [-0.25, -0.2) is 8.42 Å². The number of ether oxygens (including phenoxy) is 2. The third kappa shape index (κ3) is 4.24. The molecule has 0 saturated heterocycles. The van der Waals surface area contributed by atoms with Crippen LogP contribution in [0.15, 0.2) is 75.0 Å². The lowest BCUT2D eigenvalue weighted by molar-refractivity contribution is 0.172. The van der Waals surface area contributed by atoms with Gasteiger partial charge in [-0.1, -0.05) is 17.7 Å². The van der Waals surface area contributed by atoms with E-state index in [1.165, 1.54) is 10.6 Å². The fourth-order valence-corrected chi connectivity index (χ4v) is 5.14. The quantitative estimate of drug-likeness (QED) is 0.466. The van der Waals surface area contributed by atoms with Crippen LogP contribution in [0.4, 0.5) is 0 Å². The van der Waals surface area contributed by atoms with E-state index in [4.69, 9.17) is 13.9 Å². The monoisotopic (exact) mass is 466 g/mol. The molecule has 1 N–H and O–H groups in total. The van der Waals surface area contributed by atoms with Gasteiger partial charge in [0, 0.05) is 23.6 Å². The van der Waals surface area contributed by atoms with E-state index in [1.54, 1.807) is 54.6 Å². The van der Waals surface area contributed by atoms with Gasteiger partial charge >= 0.3 is 0 Å². The van der Waals surface area contributed by atoms with E-state index in [0.29, 0.717) is 41.6 Å². The fourth-order valence-electron chi connectivity index (χ4n) is 3.76. The van der Waals surface area contributed by atoms with Crippen LogP contribution in [0.1, 0.15) is 16.9 Å². The molecule has 0 bridgehead atoms. The fraction of sp³-hybridized carbons (Fsp3) is 0.208. The van der Waals surface area contributed by atoms with Gasteiger partial charge in [0.2, 0.25) is 10.0 Å². The summed E-state index contributed by atoms with van der Waals surface area (Å²) in [6, 6.07) is 15.2. The number of hydrogen-bond acceptors (Lipinski definition) is 6. The second-order valence-electron chi connectivity index (χ2n) is 7.87. The van der Waals surface area contributed by atoms with Gasteiger partial charge in [0.1, 0.15) is 19.0 Å². The van der Waals surface area contributed by atoms with Gasteiger partial charge in [-0.15, -0.1) is 0 Å². The average Bonchev–Trinajstić information content (AvgIpc) is 3.31. The molecule has 9 heteroatoms. The molecule has 0 saturated carbocycles. The third-order valence-electron chi connectivity index (χ3n) is 5.50. The highest BCUT2D eigenvalue weighted by molar-refractivity contribution is 7.89. The van der Waals surface area contributed by atoms with Crippen LogP contribution in [0.2, 0.25) is 0 Å². The Labute approximate surface area is 190 Å². The molecule has 8 nitrogen and oxygen atoms in total. The van der Waals surface area contributed by atoms with Crippen molar-refractivity contribution in [2.24, 2.45) is 0 Å². The maximum atomic E-state index is 13.5. The first kappa shape index (κ1) is 21.3. The molecule has 3 heterocycles. The van der Waals surface area contributed by atoms with Gasteiger partial charge in [0.25, 0.3) is 5.56 Å². The molecule has 0 aliphatic carbocycles. The number of nitrogens with zero attached hydrogens (tertiary/aromatic N) is 1. The highest BCUT2D eigenvalue weighted by Gasteiger charge is 2.27. The van der Waals surface area contributed by atoms with Crippen LogP contribution in [0.25, 0.3) is 10.9 Å². The summed E-state index contributed by atoms with van der Waals surface area (Å²) < 4.78 is 44.8. The topological polar surface area (TPSA) is 102 Å². The minimum absolute atomic E-state index is 0.0121. The van der Waals surface area contributed by atoms with Crippen molar-refractivity contribution in [2.75, 3.05) is 13.2 Å².